The van der Waals surface area contributed by atoms with Gasteiger partial charge in [-0.1, -0.05) is 42.5 Å². The smallest absolute Gasteiger partial charge is 0.196 e. The molecule has 4 aromatic rings. The van der Waals surface area contributed by atoms with Crippen LogP contribution in [0.25, 0.3) is 21.3 Å². The number of hydrogen-bond donors (Lipinski definition) is 1. The number of anilines is 2. The molecule has 24 heavy (non-hydrogen) atoms. The highest BCUT2D eigenvalue weighted by Crippen LogP contribution is 2.43. The Morgan fingerprint density at radius 3 is 2.42 bits per heavy atom. The average Bonchev–Trinajstić information content (AvgIpc) is 3.06. The number of carbonyl (C=O) groups is 1. The van der Waals surface area contributed by atoms with E-state index in [1.54, 1.807) is 0 Å². The molecule has 0 saturated heterocycles. The molecule has 4 heteroatoms. The number of fused-ring (bicyclic) bond motifs is 2. The Morgan fingerprint density at radius 2 is 1.58 bits per heavy atom. The van der Waals surface area contributed by atoms with Crippen LogP contribution in [0.3, 0.4) is 0 Å². The molecule has 3 nitrogen and oxygen atoms in total. The molecule has 1 N–H and O–H groups in total. The van der Waals surface area contributed by atoms with Gasteiger partial charge in [0, 0.05) is 22.2 Å². The second-order valence-corrected chi connectivity index (χ2v) is 6.56. The lowest BCUT2D eigenvalue weighted by atomic mass is 9.86. The number of hydrogen-bond acceptors (Lipinski definition) is 4. The first-order valence-corrected chi connectivity index (χ1v) is 8.49. The van der Waals surface area contributed by atoms with Crippen molar-refractivity contribution in [3.63, 3.8) is 0 Å². The van der Waals surface area contributed by atoms with Crippen molar-refractivity contribution in [3.05, 3.63) is 77.9 Å². The van der Waals surface area contributed by atoms with Gasteiger partial charge in [0.25, 0.3) is 0 Å². The van der Waals surface area contributed by atoms with E-state index in [0.29, 0.717) is 0 Å². The second-order valence-electron chi connectivity index (χ2n) is 5.76. The predicted molar refractivity (Wildman–Crippen MR) is 98.2 cm³/mol. The molecule has 1 heterocycles. The van der Waals surface area contributed by atoms with Crippen LogP contribution in [-0.4, -0.2) is 10.2 Å². The molecule has 1 aliphatic carbocycles. The lowest BCUT2D eigenvalue weighted by Gasteiger charge is -2.18. The van der Waals surface area contributed by atoms with Gasteiger partial charge in [0.2, 0.25) is 0 Å². The SMILES string of the molecule is O=C1c2ccccc2-c2nsc3ccc(Nc4ccccc4)c1c23. The van der Waals surface area contributed by atoms with Gasteiger partial charge in [-0.3, -0.25) is 4.79 Å². The standard InChI is InChI=1S/C20H12N2OS/c23-20-14-9-5-4-8-13(14)19-18-16(24-22-19)11-10-15(17(18)20)21-12-6-2-1-3-7-12/h1-11,21H. The molecular weight excluding hydrogens is 316 g/mol. The number of nitrogens with zero attached hydrogens (tertiary/aromatic N) is 1. The van der Waals surface area contributed by atoms with E-state index in [4.69, 9.17) is 0 Å². The summed E-state index contributed by atoms with van der Waals surface area (Å²) in [6, 6.07) is 21.6. The summed E-state index contributed by atoms with van der Waals surface area (Å²) < 4.78 is 5.65. The Morgan fingerprint density at radius 1 is 0.833 bits per heavy atom. The summed E-state index contributed by atoms with van der Waals surface area (Å²) in [6.45, 7) is 0. The zero-order chi connectivity index (χ0) is 16.1. The van der Waals surface area contributed by atoms with Gasteiger partial charge in [-0.05, 0) is 35.8 Å². The maximum atomic E-state index is 13.1. The molecule has 0 amide bonds. The third kappa shape index (κ3) is 1.83. The highest BCUT2D eigenvalue weighted by Gasteiger charge is 2.29. The predicted octanol–water partition coefficient (Wildman–Crippen LogP) is 5.25. The summed E-state index contributed by atoms with van der Waals surface area (Å²) in [7, 11) is 0. The van der Waals surface area contributed by atoms with Crippen molar-refractivity contribution in [1.29, 1.82) is 0 Å². The Bertz CT molecular complexity index is 1100. The third-order valence-electron chi connectivity index (χ3n) is 4.35. The number of rotatable bonds is 2. The zero-order valence-electron chi connectivity index (χ0n) is 12.6. The van der Waals surface area contributed by atoms with Crippen LogP contribution < -0.4 is 5.32 Å². The van der Waals surface area contributed by atoms with E-state index in [9.17, 15) is 4.79 Å². The Labute approximate surface area is 142 Å². The van der Waals surface area contributed by atoms with Gasteiger partial charge in [0.15, 0.2) is 5.78 Å². The minimum atomic E-state index is 0.0577. The van der Waals surface area contributed by atoms with Gasteiger partial charge in [0.1, 0.15) is 0 Å². The highest BCUT2D eigenvalue weighted by molar-refractivity contribution is 7.13. The van der Waals surface area contributed by atoms with Crippen LogP contribution >= 0.6 is 11.5 Å². The van der Waals surface area contributed by atoms with Crippen molar-refractivity contribution >= 4 is 38.8 Å². The summed E-state index contributed by atoms with van der Waals surface area (Å²) in [4.78, 5) is 13.1. The summed E-state index contributed by atoms with van der Waals surface area (Å²) in [5.41, 5.74) is 5.08. The van der Waals surface area contributed by atoms with Gasteiger partial charge in [-0.25, -0.2) is 0 Å². The molecule has 0 atom stereocenters. The fourth-order valence-corrected chi connectivity index (χ4v) is 4.06. The fraction of sp³-hybridized carbons (Fsp3) is 0. The van der Waals surface area contributed by atoms with Crippen LogP contribution in [0.5, 0.6) is 0 Å². The first-order valence-electron chi connectivity index (χ1n) is 7.71. The van der Waals surface area contributed by atoms with Crippen molar-refractivity contribution in [2.45, 2.75) is 0 Å². The van der Waals surface area contributed by atoms with E-state index in [1.165, 1.54) is 11.5 Å². The van der Waals surface area contributed by atoms with E-state index >= 15 is 0 Å². The normalized spacial score (nSPS) is 12.2. The van der Waals surface area contributed by atoms with Crippen LogP contribution in [0.4, 0.5) is 11.4 Å². The van der Waals surface area contributed by atoms with Crippen molar-refractivity contribution in [3.8, 4) is 11.3 Å². The quantitative estimate of drug-likeness (QED) is 0.481. The van der Waals surface area contributed by atoms with Crippen molar-refractivity contribution in [1.82, 2.24) is 4.37 Å². The molecule has 0 saturated carbocycles. The molecule has 5 rings (SSSR count). The number of benzene rings is 3. The maximum Gasteiger partial charge on any atom is 0.196 e. The Kier molecular flexibility index (Phi) is 2.81. The van der Waals surface area contributed by atoms with Gasteiger partial charge < -0.3 is 5.32 Å². The van der Waals surface area contributed by atoms with Crippen molar-refractivity contribution in [2.75, 3.05) is 5.32 Å². The van der Waals surface area contributed by atoms with E-state index in [0.717, 1.165) is 43.8 Å². The fourth-order valence-electron chi connectivity index (χ4n) is 3.26. The molecule has 0 radical (unpaired) electrons. The van der Waals surface area contributed by atoms with Gasteiger partial charge in [0.05, 0.1) is 21.6 Å². The topological polar surface area (TPSA) is 42.0 Å². The summed E-state index contributed by atoms with van der Waals surface area (Å²) >= 11 is 1.44. The maximum absolute atomic E-state index is 13.1. The van der Waals surface area contributed by atoms with Crippen molar-refractivity contribution < 1.29 is 4.79 Å². The molecule has 0 aliphatic heterocycles. The van der Waals surface area contributed by atoms with E-state index in [1.807, 2.05) is 66.7 Å². The second kappa shape index (κ2) is 5.01. The largest absolute Gasteiger partial charge is 0.355 e. The number of nitrogens with one attached hydrogen (secondary N) is 1. The molecule has 0 unspecified atom stereocenters. The van der Waals surface area contributed by atoms with E-state index in [2.05, 4.69) is 9.69 Å². The monoisotopic (exact) mass is 328 g/mol. The minimum Gasteiger partial charge on any atom is -0.355 e. The molecular formula is C20H12N2OS. The van der Waals surface area contributed by atoms with Gasteiger partial charge in [-0.15, -0.1) is 0 Å². The van der Waals surface area contributed by atoms with Crippen LogP contribution in [0, 0.1) is 0 Å². The van der Waals surface area contributed by atoms with Crippen molar-refractivity contribution in [2.24, 2.45) is 0 Å². The molecule has 1 aliphatic rings. The molecule has 0 fully saturated rings. The first-order chi connectivity index (χ1) is 11.8. The van der Waals surface area contributed by atoms with Gasteiger partial charge in [-0.2, -0.15) is 4.37 Å². The molecule has 3 aromatic carbocycles. The number of ketones is 1. The Balaban J connectivity index is 1.79. The summed E-state index contributed by atoms with van der Waals surface area (Å²) in [6.07, 6.45) is 0. The third-order valence-corrected chi connectivity index (χ3v) is 5.16. The number of carbonyl (C=O) groups excluding carboxylic acids is 1. The van der Waals surface area contributed by atoms with E-state index in [-0.39, 0.29) is 5.78 Å². The Hall–Kier alpha value is -2.98. The lowest BCUT2D eigenvalue weighted by Crippen LogP contribution is -2.11. The average molecular weight is 328 g/mol. The van der Waals surface area contributed by atoms with E-state index < -0.39 is 0 Å². The molecule has 0 bridgehead atoms. The molecule has 1 aromatic heterocycles. The highest BCUT2D eigenvalue weighted by atomic mass is 32.1. The minimum absolute atomic E-state index is 0.0577. The summed E-state index contributed by atoms with van der Waals surface area (Å²) in [5.74, 6) is 0.0577. The van der Waals surface area contributed by atoms with Crippen LogP contribution in [0.15, 0.2) is 66.7 Å². The van der Waals surface area contributed by atoms with Crippen LogP contribution in [0.1, 0.15) is 15.9 Å². The molecule has 114 valence electrons. The first kappa shape index (κ1) is 13.5. The number of para-hydroxylation sites is 1. The van der Waals surface area contributed by atoms with Crippen LogP contribution in [0.2, 0.25) is 0 Å². The van der Waals surface area contributed by atoms with Crippen LogP contribution in [-0.2, 0) is 0 Å². The molecule has 0 spiro atoms. The summed E-state index contributed by atoms with van der Waals surface area (Å²) in [5, 5.41) is 4.35. The number of aromatic nitrogens is 1. The van der Waals surface area contributed by atoms with Gasteiger partial charge >= 0.3 is 0 Å². The zero-order valence-corrected chi connectivity index (χ0v) is 13.4. The lowest BCUT2D eigenvalue weighted by molar-refractivity contribution is 0.104.